The molecule has 1 aromatic heterocycles. The summed E-state index contributed by atoms with van der Waals surface area (Å²) in [6.45, 7) is 5.65. The molecule has 0 atom stereocenters. The number of hydrogen-bond donors (Lipinski definition) is 2. The summed E-state index contributed by atoms with van der Waals surface area (Å²) in [6.07, 6.45) is 0.915. The summed E-state index contributed by atoms with van der Waals surface area (Å²) in [6, 6.07) is 0. The van der Waals surface area contributed by atoms with Gasteiger partial charge in [0.1, 0.15) is 10.6 Å². The van der Waals surface area contributed by atoms with E-state index in [1.807, 2.05) is 0 Å². The predicted octanol–water partition coefficient (Wildman–Crippen LogP) is 1.99. The topological polar surface area (TPSA) is 86.5 Å². The average molecular weight is 287 g/mol. The van der Waals surface area contributed by atoms with Crippen LogP contribution >= 0.6 is 11.5 Å². The molecule has 0 bridgehead atoms. The Morgan fingerprint density at radius 1 is 1.47 bits per heavy atom. The Hall–Kier alpha value is -1.34. The van der Waals surface area contributed by atoms with Crippen LogP contribution in [0.2, 0.25) is 0 Å². The normalized spacial score (nSPS) is 11.4. The zero-order chi connectivity index (χ0) is 14.5. The Bertz CT molecular complexity index is 432. The van der Waals surface area contributed by atoms with Crippen molar-refractivity contribution < 1.29 is 14.3 Å². The van der Waals surface area contributed by atoms with Crippen LogP contribution in [-0.2, 0) is 9.47 Å². The van der Waals surface area contributed by atoms with E-state index in [0.717, 1.165) is 6.42 Å². The lowest BCUT2D eigenvalue weighted by molar-refractivity contribution is 0.0603. The highest BCUT2D eigenvalue weighted by Crippen LogP contribution is 2.29. The fourth-order valence-electron chi connectivity index (χ4n) is 1.51. The largest absolute Gasteiger partial charge is 0.465 e. The van der Waals surface area contributed by atoms with Crippen molar-refractivity contribution in [3.05, 3.63) is 5.56 Å². The van der Waals surface area contributed by atoms with E-state index in [-0.39, 0.29) is 11.2 Å². The van der Waals surface area contributed by atoms with E-state index in [2.05, 4.69) is 23.5 Å². The van der Waals surface area contributed by atoms with Crippen LogP contribution in [0.3, 0.4) is 0 Å². The molecule has 0 radical (unpaired) electrons. The molecule has 0 spiro atoms. The van der Waals surface area contributed by atoms with Crippen molar-refractivity contribution in [2.24, 2.45) is 5.41 Å². The Labute approximate surface area is 117 Å². The van der Waals surface area contributed by atoms with Gasteiger partial charge in [0.2, 0.25) is 0 Å². The Balaban J connectivity index is 2.70. The molecule has 3 N–H and O–H groups in total. The minimum absolute atomic E-state index is 0.0438. The van der Waals surface area contributed by atoms with Crippen molar-refractivity contribution >= 4 is 28.3 Å². The predicted molar refractivity (Wildman–Crippen MR) is 76.6 cm³/mol. The van der Waals surface area contributed by atoms with Gasteiger partial charge in [0.05, 0.1) is 7.11 Å². The summed E-state index contributed by atoms with van der Waals surface area (Å²) in [7, 11) is 3.01. The van der Waals surface area contributed by atoms with Crippen LogP contribution in [0.25, 0.3) is 0 Å². The maximum absolute atomic E-state index is 11.6. The molecule has 0 aromatic carbocycles. The lowest BCUT2D eigenvalue weighted by atomic mass is 9.90. The number of anilines is 2. The fourth-order valence-corrected chi connectivity index (χ4v) is 2.21. The second-order valence-corrected chi connectivity index (χ2v) is 5.80. The van der Waals surface area contributed by atoms with Crippen molar-refractivity contribution in [3.63, 3.8) is 0 Å². The van der Waals surface area contributed by atoms with Gasteiger partial charge in [0, 0.05) is 20.3 Å². The van der Waals surface area contributed by atoms with Crippen molar-refractivity contribution in [3.8, 4) is 0 Å². The molecule has 0 saturated carbocycles. The minimum atomic E-state index is -0.469. The SMILES string of the molecule is COCCC(C)(C)CNc1snc(N)c1C(=O)OC. The number of carbonyl (C=O) groups excluding carboxylic acids is 1. The summed E-state index contributed by atoms with van der Waals surface area (Å²) in [5.41, 5.74) is 6.03. The summed E-state index contributed by atoms with van der Waals surface area (Å²) < 4.78 is 13.8. The van der Waals surface area contributed by atoms with Crippen molar-refractivity contribution in [2.75, 3.05) is 38.4 Å². The molecule has 6 nitrogen and oxygen atoms in total. The number of nitrogens with one attached hydrogen (secondary N) is 1. The van der Waals surface area contributed by atoms with Crippen LogP contribution in [0.15, 0.2) is 0 Å². The lowest BCUT2D eigenvalue weighted by Crippen LogP contribution is -2.25. The van der Waals surface area contributed by atoms with Crippen LogP contribution in [-0.4, -0.2) is 37.7 Å². The maximum Gasteiger partial charge on any atom is 0.344 e. The van der Waals surface area contributed by atoms with Crippen LogP contribution < -0.4 is 11.1 Å². The smallest absolute Gasteiger partial charge is 0.344 e. The van der Waals surface area contributed by atoms with Crippen molar-refractivity contribution in [1.82, 2.24) is 4.37 Å². The first-order valence-corrected chi connectivity index (χ1v) is 6.75. The molecule has 0 aliphatic rings. The summed E-state index contributed by atoms with van der Waals surface area (Å²) in [5, 5.41) is 3.87. The first-order chi connectivity index (χ1) is 8.91. The van der Waals surface area contributed by atoms with E-state index in [4.69, 9.17) is 15.2 Å². The Kier molecular flexibility index (Phi) is 5.56. The molecule has 7 heteroatoms. The highest BCUT2D eigenvalue weighted by molar-refractivity contribution is 7.11. The van der Waals surface area contributed by atoms with Crippen molar-refractivity contribution in [1.29, 1.82) is 0 Å². The number of nitrogen functional groups attached to an aromatic ring is 1. The zero-order valence-electron chi connectivity index (χ0n) is 11.8. The monoisotopic (exact) mass is 287 g/mol. The Morgan fingerprint density at radius 2 is 2.16 bits per heavy atom. The molecule has 0 saturated heterocycles. The molecule has 0 amide bonds. The van der Waals surface area contributed by atoms with Gasteiger partial charge in [-0.3, -0.25) is 0 Å². The van der Waals surface area contributed by atoms with Gasteiger partial charge in [-0.15, -0.1) is 0 Å². The van der Waals surface area contributed by atoms with Crippen LogP contribution in [0, 0.1) is 5.41 Å². The standard InChI is InChI=1S/C12H21N3O3S/c1-12(2,5-6-17-3)7-14-10-8(11(16)18-4)9(13)15-19-10/h14H,5-7H2,1-4H3,(H2,13,15). The number of esters is 1. The van der Waals surface area contributed by atoms with Gasteiger partial charge < -0.3 is 20.5 Å². The minimum Gasteiger partial charge on any atom is -0.465 e. The molecule has 1 rings (SSSR count). The molecule has 19 heavy (non-hydrogen) atoms. The number of nitrogens with two attached hydrogens (primary N) is 1. The molecule has 0 aliphatic carbocycles. The summed E-state index contributed by atoms with van der Waals surface area (Å²) in [5.74, 6) is -0.266. The van der Waals surface area contributed by atoms with Gasteiger partial charge in [-0.2, -0.15) is 4.37 Å². The van der Waals surface area contributed by atoms with Crippen LogP contribution in [0.4, 0.5) is 10.8 Å². The third kappa shape index (κ3) is 4.36. The van der Waals surface area contributed by atoms with Gasteiger partial charge in [0.15, 0.2) is 5.82 Å². The van der Waals surface area contributed by atoms with Crippen molar-refractivity contribution in [2.45, 2.75) is 20.3 Å². The third-order valence-corrected chi connectivity index (χ3v) is 3.64. The van der Waals surface area contributed by atoms with Gasteiger partial charge in [0.25, 0.3) is 0 Å². The van der Waals surface area contributed by atoms with Gasteiger partial charge in [-0.1, -0.05) is 13.8 Å². The molecular weight excluding hydrogens is 266 g/mol. The number of carbonyl (C=O) groups is 1. The number of methoxy groups -OCH3 is 2. The number of nitrogens with zero attached hydrogens (tertiary/aromatic N) is 1. The highest BCUT2D eigenvalue weighted by Gasteiger charge is 2.23. The lowest BCUT2D eigenvalue weighted by Gasteiger charge is -2.24. The third-order valence-electron chi connectivity index (χ3n) is 2.82. The first kappa shape index (κ1) is 15.7. The molecule has 1 aromatic rings. The second-order valence-electron chi connectivity index (χ2n) is 5.02. The highest BCUT2D eigenvalue weighted by atomic mass is 32.1. The van der Waals surface area contributed by atoms with E-state index in [1.165, 1.54) is 18.6 Å². The number of rotatable bonds is 7. The zero-order valence-corrected chi connectivity index (χ0v) is 12.6. The average Bonchev–Trinajstić information content (AvgIpc) is 2.74. The molecular formula is C12H21N3O3S. The Morgan fingerprint density at radius 3 is 2.74 bits per heavy atom. The van der Waals surface area contributed by atoms with E-state index in [9.17, 15) is 4.79 Å². The van der Waals surface area contributed by atoms with Gasteiger partial charge in [-0.25, -0.2) is 4.79 Å². The van der Waals surface area contributed by atoms with Crippen LogP contribution in [0.5, 0.6) is 0 Å². The van der Waals surface area contributed by atoms with E-state index < -0.39 is 5.97 Å². The number of hydrogen-bond acceptors (Lipinski definition) is 7. The van der Waals surface area contributed by atoms with E-state index in [0.29, 0.717) is 23.7 Å². The molecule has 0 fully saturated rings. The quantitative estimate of drug-likeness (QED) is 0.746. The summed E-state index contributed by atoms with van der Waals surface area (Å²) >= 11 is 1.17. The van der Waals surface area contributed by atoms with E-state index >= 15 is 0 Å². The summed E-state index contributed by atoms with van der Waals surface area (Å²) in [4.78, 5) is 11.6. The fraction of sp³-hybridized carbons (Fsp3) is 0.667. The molecule has 108 valence electrons. The van der Waals surface area contributed by atoms with Gasteiger partial charge in [-0.05, 0) is 23.4 Å². The molecule has 0 aliphatic heterocycles. The number of ether oxygens (including phenoxy) is 2. The van der Waals surface area contributed by atoms with Crippen LogP contribution in [0.1, 0.15) is 30.6 Å². The number of aromatic nitrogens is 1. The molecule has 0 unspecified atom stereocenters. The van der Waals surface area contributed by atoms with E-state index in [1.54, 1.807) is 7.11 Å². The molecule has 1 heterocycles. The van der Waals surface area contributed by atoms with Gasteiger partial charge >= 0.3 is 5.97 Å². The maximum atomic E-state index is 11.6. The second kappa shape index (κ2) is 6.72. The first-order valence-electron chi connectivity index (χ1n) is 5.97.